The normalized spacial score (nSPS) is 13.5. The number of hydrogen-bond donors (Lipinski definition) is 2. The second-order valence-electron chi connectivity index (χ2n) is 3.32. The van der Waals surface area contributed by atoms with Crippen molar-refractivity contribution in [3.05, 3.63) is 35.4 Å². The van der Waals surface area contributed by atoms with Crippen LogP contribution in [0.1, 0.15) is 23.6 Å². The standard InChI is InChI=1S/C10H10F3NO2/c11-10(12,13)7-3-1-6(2-4-7)8(14)5-9(15)16/h1-4,8H,5,14H2,(H,15,16)/t8-/m0/s1. The largest absolute Gasteiger partial charge is 0.481 e. The van der Waals surface area contributed by atoms with Gasteiger partial charge >= 0.3 is 12.1 Å². The van der Waals surface area contributed by atoms with Gasteiger partial charge in [0.15, 0.2) is 0 Å². The van der Waals surface area contributed by atoms with Crippen LogP contribution >= 0.6 is 0 Å². The third-order valence-electron chi connectivity index (χ3n) is 2.06. The van der Waals surface area contributed by atoms with Crippen molar-refractivity contribution in [1.29, 1.82) is 0 Å². The second-order valence-corrected chi connectivity index (χ2v) is 3.32. The van der Waals surface area contributed by atoms with Crippen molar-refractivity contribution in [2.45, 2.75) is 18.6 Å². The molecule has 0 spiro atoms. The molecule has 3 nitrogen and oxygen atoms in total. The molecule has 0 aliphatic heterocycles. The molecule has 0 saturated heterocycles. The highest BCUT2D eigenvalue weighted by Gasteiger charge is 2.30. The Morgan fingerprint density at radius 3 is 2.19 bits per heavy atom. The van der Waals surface area contributed by atoms with Crippen LogP contribution in [0.15, 0.2) is 24.3 Å². The van der Waals surface area contributed by atoms with E-state index in [0.717, 1.165) is 12.1 Å². The average molecular weight is 233 g/mol. The lowest BCUT2D eigenvalue weighted by Crippen LogP contribution is -2.15. The summed E-state index contributed by atoms with van der Waals surface area (Å²) in [6.45, 7) is 0. The van der Waals surface area contributed by atoms with Crippen LogP contribution in [0.4, 0.5) is 13.2 Å². The first kappa shape index (κ1) is 12.5. The fourth-order valence-electron chi connectivity index (χ4n) is 1.23. The number of benzene rings is 1. The number of nitrogens with two attached hydrogens (primary N) is 1. The molecule has 1 aromatic rings. The number of carboxylic acid groups (broad SMARTS) is 1. The van der Waals surface area contributed by atoms with E-state index in [9.17, 15) is 18.0 Å². The van der Waals surface area contributed by atoms with Crippen molar-refractivity contribution in [3.63, 3.8) is 0 Å². The zero-order valence-corrected chi connectivity index (χ0v) is 8.16. The molecular weight excluding hydrogens is 223 g/mol. The van der Waals surface area contributed by atoms with Crippen molar-refractivity contribution in [3.8, 4) is 0 Å². The summed E-state index contributed by atoms with van der Waals surface area (Å²) >= 11 is 0. The molecule has 88 valence electrons. The summed E-state index contributed by atoms with van der Waals surface area (Å²) in [7, 11) is 0. The summed E-state index contributed by atoms with van der Waals surface area (Å²) in [5.41, 5.74) is 5.08. The van der Waals surface area contributed by atoms with E-state index in [-0.39, 0.29) is 6.42 Å². The molecule has 0 fully saturated rings. The van der Waals surface area contributed by atoms with E-state index in [1.165, 1.54) is 12.1 Å². The third kappa shape index (κ3) is 3.23. The molecule has 0 aliphatic carbocycles. The zero-order chi connectivity index (χ0) is 12.3. The molecule has 0 aliphatic rings. The molecule has 0 bridgehead atoms. The predicted octanol–water partition coefficient (Wildman–Crippen LogP) is 2.18. The van der Waals surface area contributed by atoms with E-state index in [1.807, 2.05) is 0 Å². The molecule has 0 amide bonds. The van der Waals surface area contributed by atoms with Gasteiger partial charge in [-0.1, -0.05) is 12.1 Å². The maximum absolute atomic E-state index is 12.2. The Balaban J connectivity index is 2.83. The number of halogens is 3. The van der Waals surface area contributed by atoms with Gasteiger partial charge in [-0.25, -0.2) is 0 Å². The number of hydrogen-bond acceptors (Lipinski definition) is 2. The number of aliphatic carboxylic acids is 1. The van der Waals surface area contributed by atoms with Gasteiger partial charge in [0.05, 0.1) is 12.0 Å². The Morgan fingerprint density at radius 2 is 1.81 bits per heavy atom. The smallest absolute Gasteiger partial charge is 0.416 e. The van der Waals surface area contributed by atoms with Gasteiger partial charge in [-0.2, -0.15) is 13.2 Å². The SMILES string of the molecule is N[C@@H](CC(=O)O)c1ccc(C(F)(F)F)cc1. The van der Waals surface area contributed by atoms with Crippen LogP contribution in [-0.4, -0.2) is 11.1 Å². The molecule has 0 aromatic heterocycles. The molecule has 1 rings (SSSR count). The van der Waals surface area contributed by atoms with Gasteiger partial charge < -0.3 is 10.8 Å². The Labute approximate surface area is 89.7 Å². The fraction of sp³-hybridized carbons (Fsp3) is 0.300. The lowest BCUT2D eigenvalue weighted by Gasteiger charge is -2.11. The minimum atomic E-state index is -4.39. The maximum Gasteiger partial charge on any atom is 0.416 e. The van der Waals surface area contributed by atoms with Gasteiger partial charge in [0.2, 0.25) is 0 Å². The summed E-state index contributed by atoms with van der Waals surface area (Å²) in [5, 5.41) is 8.47. The van der Waals surface area contributed by atoms with Crippen molar-refractivity contribution in [1.82, 2.24) is 0 Å². The quantitative estimate of drug-likeness (QED) is 0.841. The maximum atomic E-state index is 12.2. The summed E-state index contributed by atoms with van der Waals surface area (Å²) in [6.07, 6.45) is -4.71. The van der Waals surface area contributed by atoms with Crippen molar-refractivity contribution < 1.29 is 23.1 Å². The minimum absolute atomic E-state index is 0.314. The average Bonchev–Trinajstić information content (AvgIpc) is 2.15. The Morgan fingerprint density at radius 1 is 1.31 bits per heavy atom. The van der Waals surface area contributed by atoms with Crippen molar-refractivity contribution in [2.24, 2.45) is 5.73 Å². The molecule has 6 heteroatoms. The molecule has 0 radical (unpaired) electrons. The Bertz CT molecular complexity index is 373. The number of alkyl halides is 3. The van der Waals surface area contributed by atoms with Gasteiger partial charge in [-0.15, -0.1) is 0 Å². The Hall–Kier alpha value is -1.56. The van der Waals surface area contributed by atoms with E-state index < -0.39 is 23.8 Å². The summed E-state index contributed by atoms with van der Waals surface area (Å²) in [6, 6.07) is 3.36. The van der Waals surface area contributed by atoms with Crippen LogP contribution in [0.5, 0.6) is 0 Å². The highest BCUT2D eigenvalue weighted by molar-refractivity contribution is 5.67. The third-order valence-corrected chi connectivity index (χ3v) is 2.06. The highest BCUT2D eigenvalue weighted by atomic mass is 19.4. The van der Waals surface area contributed by atoms with Crippen molar-refractivity contribution in [2.75, 3.05) is 0 Å². The summed E-state index contributed by atoms with van der Waals surface area (Å²) in [4.78, 5) is 10.3. The van der Waals surface area contributed by atoms with Crippen LogP contribution in [0.2, 0.25) is 0 Å². The van der Waals surface area contributed by atoms with Gasteiger partial charge in [0.1, 0.15) is 0 Å². The monoisotopic (exact) mass is 233 g/mol. The highest BCUT2D eigenvalue weighted by Crippen LogP contribution is 2.29. The van der Waals surface area contributed by atoms with Crippen LogP contribution in [0, 0.1) is 0 Å². The first-order chi connectivity index (χ1) is 7.30. The van der Waals surface area contributed by atoms with E-state index in [1.54, 1.807) is 0 Å². The van der Waals surface area contributed by atoms with Gasteiger partial charge in [-0.3, -0.25) is 4.79 Å². The summed E-state index contributed by atoms with van der Waals surface area (Å²) in [5.74, 6) is -1.09. The van der Waals surface area contributed by atoms with E-state index >= 15 is 0 Å². The molecule has 1 aromatic carbocycles. The molecule has 0 heterocycles. The number of carboxylic acids is 1. The molecule has 1 atom stereocenters. The number of carbonyl (C=O) groups is 1. The van der Waals surface area contributed by atoms with Gasteiger partial charge in [-0.05, 0) is 17.7 Å². The van der Waals surface area contributed by atoms with E-state index in [4.69, 9.17) is 10.8 Å². The lowest BCUT2D eigenvalue weighted by molar-refractivity contribution is -0.138. The molecular formula is C10H10F3NO2. The minimum Gasteiger partial charge on any atom is -0.481 e. The Kier molecular flexibility index (Phi) is 3.54. The van der Waals surface area contributed by atoms with E-state index in [0.29, 0.717) is 5.56 Å². The molecule has 16 heavy (non-hydrogen) atoms. The van der Waals surface area contributed by atoms with Gasteiger partial charge in [0.25, 0.3) is 0 Å². The molecule has 0 unspecified atom stereocenters. The lowest BCUT2D eigenvalue weighted by atomic mass is 10.0. The first-order valence-corrected chi connectivity index (χ1v) is 4.45. The molecule has 0 saturated carbocycles. The van der Waals surface area contributed by atoms with Crippen molar-refractivity contribution >= 4 is 5.97 Å². The van der Waals surface area contributed by atoms with Crippen LogP contribution in [-0.2, 0) is 11.0 Å². The topological polar surface area (TPSA) is 63.3 Å². The van der Waals surface area contributed by atoms with Crippen LogP contribution < -0.4 is 5.73 Å². The van der Waals surface area contributed by atoms with Gasteiger partial charge in [0, 0.05) is 6.04 Å². The predicted molar refractivity (Wildman–Crippen MR) is 50.6 cm³/mol. The number of rotatable bonds is 3. The summed E-state index contributed by atoms with van der Waals surface area (Å²) < 4.78 is 36.6. The van der Waals surface area contributed by atoms with E-state index in [2.05, 4.69) is 0 Å². The van der Waals surface area contributed by atoms with Crippen LogP contribution in [0.3, 0.4) is 0 Å². The fourth-order valence-corrected chi connectivity index (χ4v) is 1.23. The second kappa shape index (κ2) is 4.52. The molecule has 3 N–H and O–H groups in total. The zero-order valence-electron chi connectivity index (χ0n) is 8.16. The first-order valence-electron chi connectivity index (χ1n) is 4.45. The van der Waals surface area contributed by atoms with Crippen LogP contribution in [0.25, 0.3) is 0 Å².